The Morgan fingerprint density at radius 2 is 1.84 bits per heavy atom. The fourth-order valence-electron chi connectivity index (χ4n) is 3.40. The molecule has 0 radical (unpaired) electrons. The van der Waals surface area contributed by atoms with Crippen molar-refractivity contribution in [2.24, 2.45) is 0 Å². The van der Waals surface area contributed by atoms with E-state index in [0.29, 0.717) is 13.0 Å². The molecule has 0 aromatic heterocycles. The van der Waals surface area contributed by atoms with Crippen LogP contribution < -0.4 is 10.6 Å². The number of hydrogen-bond acceptors (Lipinski definition) is 3. The minimum atomic E-state index is -0.582. The van der Waals surface area contributed by atoms with Crippen molar-refractivity contribution in [1.82, 2.24) is 15.5 Å². The van der Waals surface area contributed by atoms with Crippen LogP contribution in [0.4, 0.5) is 4.79 Å². The molecule has 5 nitrogen and oxygen atoms in total. The van der Waals surface area contributed by atoms with Crippen molar-refractivity contribution in [2.75, 3.05) is 20.6 Å². The van der Waals surface area contributed by atoms with Crippen LogP contribution in [0.2, 0.25) is 0 Å². The molecule has 0 spiro atoms. The SMILES string of the molecule is CN(C)C(CNC(=O)N[C@@H]1c2ccccc2C[C@@H]1O)c1ccccc1. The lowest BCUT2D eigenvalue weighted by Crippen LogP contribution is -2.43. The number of fused-ring (bicyclic) bond motifs is 1. The molecule has 3 atom stereocenters. The summed E-state index contributed by atoms with van der Waals surface area (Å²) in [5.74, 6) is 0. The van der Waals surface area contributed by atoms with Gasteiger partial charge in [-0.25, -0.2) is 4.79 Å². The molecule has 1 aliphatic carbocycles. The second kappa shape index (κ2) is 7.68. The second-order valence-corrected chi connectivity index (χ2v) is 6.69. The lowest BCUT2D eigenvalue weighted by molar-refractivity contribution is 0.142. The molecule has 0 saturated heterocycles. The molecule has 2 aromatic carbocycles. The fourth-order valence-corrected chi connectivity index (χ4v) is 3.40. The highest BCUT2D eigenvalue weighted by Gasteiger charge is 2.31. The maximum absolute atomic E-state index is 12.4. The van der Waals surface area contributed by atoms with E-state index in [1.807, 2.05) is 56.6 Å². The van der Waals surface area contributed by atoms with Crippen molar-refractivity contribution in [2.45, 2.75) is 24.6 Å². The van der Waals surface area contributed by atoms with Crippen LogP contribution in [0.5, 0.6) is 0 Å². The van der Waals surface area contributed by atoms with Gasteiger partial charge in [-0.2, -0.15) is 0 Å². The summed E-state index contributed by atoms with van der Waals surface area (Å²) in [4.78, 5) is 14.4. The molecule has 1 unspecified atom stereocenters. The van der Waals surface area contributed by atoms with E-state index in [1.54, 1.807) is 0 Å². The maximum Gasteiger partial charge on any atom is 0.315 e. The van der Waals surface area contributed by atoms with Gasteiger partial charge >= 0.3 is 6.03 Å². The largest absolute Gasteiger partial charge is 0.390 e. The lowest BCUT2D eigenvalue weighted by Gasteiger charge is -2.26. The van der Waals surface area contributed by atoms with Gasteiger partial charge in [0.2, 0.25) is 0 Å². The molecule has 3 rings (SSSR count). The van der Waals surface area contributed by atoms with Crippen molar-refractivity contribution < 1.29 is 9.90 Å². The van der Waals surface area contributed by atoms with Crippen LogP contribution in [0.15, 0.2) is 54.6 Å². The zero-order chi connectivity index (χ0) is 17.8. The highest BCUT2D eigenvalue weighted by molar-refractivity contribution is 5.75. The van der Waals surface area contributed by atoms with Gasteiger partial charge in [-0.05, 0) is 30.8 Å². The molecule has 132 valence electrons. The van der Waals surface area contributed by atoms with Gasteiger partial charge in [-0.3, -0.25) is 0 Å². The van der Waals surface area contributed by atoms with Gasteiger partial charge in [0.05, 0.1) is 18.2 Å². The Kier molecular flexibility index (Phi) is 5.36. The van der Waals surface area contributed by atoms with Gasteiger partial charge < -0.3 is 20.6 Å². The van der Waals surface area contributed by atoms with Crippen LogP contribution >= 0.6 is 0 Å². The van der Waals surface area contributed by atoms with E-state index in [1.165, 1.54) is 0 Å². The smallest absolute Gasteiger partial charge is 0.315 e. The van der Waals surface area contributed by atoms with Crippen LogP contribution in [0.3, 0.4) is 0 Å². The number of benzene rings is 2. The number of likely N-dealkylation sites (N-methyl/N-ethyl adjacent to an activating group) is 1. The first-order valence-electron chi connectivity index (χ1n) is 8.58. The Bertz CT molecular complexity index is 718. The zero-order valence-corrected chi connectivity index (χ0v) is 14.6. The molecule has 0 saturated carbocycles. The zero-order valence-electron chi connectivity index (χ0n) is 14.6. The van der Waals surface area contributed by atoms with Gasteiger partial charge in [0.25, 0.3) is 0 Å². The Balaban J connectivity index is 1.61. The molecule has 3 N–H and O–H groups in total. The molecule has 2 amide bonds. The predicted molar refractivity (Wildman–Crippen MR) is 98.3 cm³/mol. The summed E-state index contributed by atoms with van der Waals surface area (Å²) >= 11 is 0. The second-order valence-electron chi connectivity index (χ2n) is 6.69. The quantitative estimate of drug-likeness (QED) is 0.783. The number of carbonyl (C=O) groups is 1. The van der Waals surface area contributed by atoms with Gasteiger partial charge in [0, 0.05) is 13.0 Å². The van der Waals surface area contributed by atoms with Crippen molar-refractivity contribution in [3.8, 4) is 0 Å². The van der Waals surface area contributed by atoms with E-state index in [2.05, 4.69) is 27.7 Å². The van der Waals surface area contributed by atoms with Crippen LogP contribution in [0.1, 0.15) is 28.8 Å². The van der Waals surface area contributed by atoms with Gasteiger partial charge in [-0.1, -0.05) is 54.6 Å². The van der Waals surface area contributed by atoms with Crippen molar-refractivity contribution >= 4 is 6.03 Å². The van der Waals surface area contributed by atoms with E-state index in [0.717, 1.165) is 16.7 Å². The summed E-state index contributed by atoms with van der Waals surface area (Å²) < 4.78 is 0. The number of carbonyl (C=O) groups excluding carboxylic acids is 1. The van der Waals surface area contributed by atoms with Crippen LogP contribution in [0.25, 0.3) is 0 Å². The summed E-state index contributed by atoms with van der Waals surface area (Å²) in [7, 11) is 3.99. The molecular formula is C20H25N3O2. The average molecular weight is 339 g/mol. The Morgan fingerprint density at radius 3 is 2.56 bits per heavy atom. The Morgan fingerprint density at radius 1 is 1.16 bits per heavy atom. The van der Waals surface area contributed by atoms with Gasteiger partial charge in [0.1, 0.15) is 0 Å². The van der Waals surface area contributed by atoms with Crippen molar-refractivity contribution in [3.63, 3.8) is 0 Å². The first kappa shape index (κ1) is 17.5. The van der Waals surface area contributed by atoms with E-state index >= 15 is 0 Å². The average Bonchev–Trinajstić information content (AvgIpc) is 2.91. The minimum Gasteiger partial charge on any atom is -0.390 e. The first-order valence-corrected chi connectivity index (χ1v) is 8.58. The normalized spacial score (nSPS) is 20.2. The molecule has 2 aromatic rings. The summed E-state index contributed by atoms with van der Waals surface area (Å²) in [6, 6.07) is 17.4. The van der Waals surface area contributed by atoms with E-state index in [-0.39, 0.29) is 18.1 Å². The third-order valence-corrected chi connectivity index (χ3v) is 4.75. The molecule has 0 bridgehead atoms. The standard InChI is InChI=1S/C20H25N3O2/c1-23(2)17(14-8-4-3-5-9-14)13-21-20(25)22-19-16-11-7-6-10-15(16)12-18(19)24/h3-11,17-19,24H,12-13H2,1-2H3,(H2,21,22,25)/t17?,18-,19+/m0/s1. The van der Waals surface area contributed by atoms with Crippen LogP contribution in [0, 0.1) is 0 Å². The molecule has 0 aliphatic heterocycles. The van der Waals surface area contributed by atoms with Gasteiger partial charge in [-0.15, -0.1) is 0 Å². The highest BCUT2D eigenvalue weighted by Crippen LogP contribution is 2.31. The monoisotopic (exact) mass is 339 g/mol. The van der Waals surface area contributed by atoms with Crippen molar-refractivity contribution in [3.05, 3.63) is 71.3 Å². The summed E-state index contributed by atoms with van der Waals surface area (Å²) in [6.07, 6.45) is -0.00670. The van der Waals surface area contributed by atoms with E-state index < -0.39 is 6.10 Å². The molecule has 25 heavy (non-hydrogen) atoms. The number of nitrogens with one attached hydrogen (secondary N) is 2. The number of rotatable bonds is 5. The first-order chi connectivity index (χ1) is 12.1. The number of hydrogen-bond donors (Lipinski definition) is 3. The third-order valence-electron chi connectivity index (χ3n) is 4.75. The molecule has 0 fully saturated rings. The maximum atomic E-state index is 12.4. The molecule has 0 heterocycles. The lowest BCUT2D eigenvalue weighted by atomic mass is 10.1. The summed E-state index contributed by atoms with van der Waals surface area (Å²) in [5.41, 5.74) is 3.24. The fraction of sp³-hybridized carbons (Fsp3) is 0.350. The Labute approximate surface area is 148 Å². The summed E-state index contributed by atoms with van der Waals surface area (Å²) in [6.45, 7) is 0.493. The minimum absolute atomic E-state index is 0.0905. The number of aliphatic hydroxyl groups excluding tert-OH is 1. The Hall–Kier alpha value is -2.37. The summed E-state index contributed by atoms with van der Waals surface area (Å²) in [5, 5.41) is 16.1. The van der Waals surface area contributed by atoms with E-state index in [9.17, 15) is 9.90 Å². The van der Waals surface area contributed by atoms with E-state index in [4.69, 9.17) is 0 Å². The molecule has 1 aliphatic rings. The number of aliphatic hydroxyl groups is 1. The predicted octanol–water partition coefficient (Wildman–Crippen LogP) is 2.25. The van der Waals surface area contributed by atoms with Crippen LogP contribution in [-0.2, 0) is 6.42 Å². The molecular weight excluding hydrogens is 314 g/mol. The molecule has 5 heteroatoms. The number of nitrogens with zero attached hydrogens (tertiary/aromatic N) is 1. The third kappa shape index (κ3) is 4.00. The number of amides is 2. The van der Waals surface area contributed by atoms with Crippen LogP contribution in [-0.4, -0.2) is 42.8 Å². The highest BCUT2D eigenvalue weighted by atomic mass is 16.3. The van der Waals surface area contributed by atoms with Gasteiger partial charge in [0.15, 0.2) is 0 Å². The van der Waals surface area contributed by atoms with Crippen molar-refractivity contribution in [1.29, 1.82) is 0 Å². The number of urea groups is 1. The topological polar surface area (TPSA) is 64.6 Å².